The molecule has 3 aromatic rings. The van der Waals surface area contributed by atoms with Crippen molar-refractivity contribution in [1.82, 2.24) is 0 Å². The van der Waals surface area contributed by atoms with Crippen LogP contribution in [0, 0.1) is 19.8 Å². The Kier molecular flexibility index (Phi) is 5.26. The third kappa shape index (κ3) is 3.91. The molecule has 0 radical (unpaired) electrons. The zero-order valence-corrected chi connectivity index (χ0v) is 19.5. The average molecular weight is 465 g/mol. The summed E-state index contributed by atoms with van der Waals surface area (Å²) >= 11 is 6.08. The highest BCUT2D eigenvalue weighted by molar-refractivity contribution is 7.92. The van der Waals surface area contributed by atoms with E-state index in [9.17, 15) is 8.42 Å². The molecule has 0 saturated heterocycles. The van der Waals surface area contributed by atoms with Gasteiger partial charge in [0.15, 0.2) is 0 Å². The van der Waals surface area contributed by atoms with E-state index in [1.54, 1.807) is 6.07 Å². The van der Waals surface area contributed by atoms with Gasteiger partial charge in [0.25, 0.3) is 10.0 Å². The first-order chi connectivity index (χ1) is 15.3. The minimum absolute atomic E-state index is 0.149. The second-order valence-electron chi connectivity index (χ2n) is 8.76. The number of hydrogen-bond acceptors (Lipinski definition) is 3. The zero-order valence-electron chi connectivity index (χ0n) is 18.0. The summed E-state index contributed by atoms with van der Waals surface area (Å²) in [5.41, 5.74) is 5.81. The predicted molar refractivity (Wildman–Crippen MR) is 131 cm³/mol. The van der Waals surface area contributed by atoms with Crippen LogP contribution in [0.5, 0.6) is 0 Å². The van der Waals surface area contributed by atoms with Crippen molar-refractivity contribution < 1.29 is 8.42 Å². The highest BCUT2D eigenvalue weighted by Crippen LogP contribution is 2.50. The predicted octanol–water partition coefficient (Wildman–Crippen LogP) is 6.58. The molecule has 1 aliphatic heterocycles. The molecular weight excluding hydrogens is 440 g/mol. The number of hydrogen-bond donors (Lipinski definition) is 2. The molecule has 1 aliphatic carbocycles. The minimum Gasteiger partial charge on any atom is -0.378 e. The molecule has 0 spiro atoms. The molecule has 6 heteroatoms. The Balaban J connectivity index is 1.49. The Morgan fingerprint density at radius 2 is 1.69 bits per heavy atom. The average Bonchev–Trinajstić information content (AvgIpc) is 3.22. The van der Waals surface area contributed by atoms with Crippen molar-refractivity contribution in [2.75, 3.05) is 10.0 Å². The van der Waals surface area contributed by atoms with Gasteiger partial charge in [-0.25, -0.2) is 8.42 Å². The standard InChI is InChI=1S/C26H25ClN2O2S/c1-16-12-17(2)14-20(13-16)29-32(30,31)21-10-11-25-24(15-21)22-4-3-5-23(22)26(28-25)18-6-8-19(27)9-7-18/h3-4,6-15,22-23,26,28-29H,5H2,1-2H3. The number of benzene rings is 3. The van der Waals surface area contributed by atoms with Gasteiger partial charge in [0.05, 0.1) is 10.9 Å². The Labute approximate surface area is 194 Å². The highest BCUT2D eigenvalue weighted by Gasteiger charge is 2.38. The van der Waals surface area contributed by atoms with Crippen LogP contribution in [0.25, 0.3) is 0 Å². The Hall–Kier alpha value is -2.76. The van der Waals surface area contributed by atoms with Crippen LogP contribution in [0.2, 0.25) is 5.02 Å². The SMILES string of the molecule is Cc1cc(C)cc(NS(=O)(=O)c2ccc3c(c2)C2C=CCC2C(c2ccc(Cl)cc2)N3)c1. The summed E-state index contributed by atoms with van der Waals surface area (Å²) in [4.78, 5) is 0.279. The van der Waals surface area contributed by atoms with Crippen molar-refractivity contribution in [1.29, 1.82) is 0 Å². The van der Waals surface area contributed by atoms with E-state index < -0.39 is 10.0 Å². The van der Waals surface area contributed by atoms with Gasteiger partial charge < -0.3 is 5.32 Å². The van der Waals surface area contributed by atoms with Crippen LogP contribution in [0.4, 0.5) is 11.4 Å². The summed E-state index contributed by atoms with van der Waals surface area (Å²) in [6.45, 7) is 3.91. The van der Waals surface area contributed by atoms with Gasteiger partial charge in [-0.2, -0.15) is 0 Å². The first-order valence-corrected chi connectivity index (χ1v) is 12.6. The number of nitrogens with one attached hydrogen (secondary N) is 2. The number of rotatable bonds is 4. The largest absolute Gasteiger partial charge is 0.378 e. The fraction of sp³-hybridized carbons (Fsp3) is 0.231. The van der Waals surface area contributed by atoms with Crippen LogP contribution < -0.4 is 10.0 Å². The third-order valence-electron chi connectivity index (χ3n) is 6.35. The van der Waals surface area contributed by atoms with Gasteiger partial charge in [0.1, 0.15) is 0 Å². The number of sulfonamides is 1. The topological polar surface area (TPSA) is 58.2 Å². The Morgan fingerprint density at radius 1 is 0.969 bits per heavy atom. The smallest absolute Gasteiger partial charge is 0.261 e. The molecule has 0 bridgehead atoms. The quantitative estimate of drug-likeness (QED) is 0.428. The highest BCUT2D eigenvalue weighted by atomic mass is 35.5. The van der Waals surface area contributed by atoms with Crippen molar-refractivity contribution in [3.8, 4) is 0 Å². The first-order valence-electron chi connectivity index (χ1n) is 10.7. The molecule has 32 heavy (non-hydrogen) atoms. The normalized spacial score (nSPS) is 21.5. The van der Waals surface area contributed by atoms with Gasteiger partial charge in [-0.1, -0.05) is 42.0 Å². The number of anilines is 2. The molecule has 5 rings (SSSR count). The van der Waals surface area contributed by atoms with E-state index in [2.05, 4.69) is 34.3 Å². The summed E-state index contributed by atoms with van der Waals surface area (Å²) in [7, 11) is -3.70. The van der Waals surface area contributed by atoms with Crippen LogP contribution in [0.15, 0.2) is 77.7 Å². The molecule has 0 aromatic heterocycles. The molecule has 3 unspecified atom stereocenters. The first kappa shape index (κ1) is 21.1. The Bertz CT molecular complexity index is 1300. The lowest BCUT2D eigenvalue weighted by Gasteiger charge is -2.37. The molecule has 0 amide bonds. The fourth-order valence-corrected chi connectivity index (χ4v) is 6.19. The van der Waals surface area contributed by atoms with E-state index in [1.807, 2.05) is 56.3 Å². The van der Waals surface area contributed by atoms with Gasteiger partial charge in [-0.3, -0.25) is 4.72 Å². The summed E-state index contributed by atoms with van der Waals surface area (Å²) in [6, 6.07) is 19.2. The number of aryl methyl sites for hydroxylation is 2. The lowest BCUT2D eigenvalue weighted by molar-refractivity contribution is 0.425. The maximum Gasteiger partial charge on any atom is 0.261 e. The molecule has 2 N–H and O–H groups in total. The van der Waals surface area contributed by atoms with Crippen LogP contribution in [0.3, 0.4) is 0 Å². The van der Waals surface area contributed by atoms with Crippen molar-refractivity contribution in [2.45, 2.75) is 37.1 Å². The monoisotopic (exact) mass is 464 g/mol. The molecule has 0 saturated carbocycles. The lowest BCUT2D eigenvalue weighted by atomic mass is 9.77. The van der Waals surface area contributed by atoms with E-state index in [1.165, 1.54) is 5.56 Å². The summed E-state index contributed by atoms with van der Waals surface area (Å²) in [6.07, 6.45) is 5.35. The molecule has 1 heterocycles. The van der Waals surface area contributed by atoms with Crippen LogP contribution >= 0.6 is 11.6 Å². The molecule has 3 aromatic carbocycles. The molecule has 164 valence electrons. The zero-order chi connectivity index (χ0) is 22.5. The van der Waals surface area contributed by atoms with Crippen molar-refractivity contribution in [2.24, 2.45) is 5.92 Å². The van der Waals surface area contributed by atoms with Crippen molar-refractivity contribution >= 4 is 33.0 Å². The van der Waals surface area contributed by atoms with E-state index >= 15 is 0 Å². The van der Waals surface area contributed by atoms with Crippen LogP contribution in [-0.2, 0) is 10.0 Å². The van der Waals surface area contributed by atoms with E-state index in [4.69, 9.17) is 11.6 Å². The maximum atomic E-state index is 13.2. The van der Waals surface area contributed by atoms with E-state index in [0.717, 1.165) is 33.8 Å². The molecule has 4 nitrogen and oxygen atoms in total. The van der Waals surface area contributed by atoms with Crippen LogP contribution in [0.1, 0.15) is 40.6 Å². The molecule has 3 atom stereocenters. The second-order valence-corrected chi connectivity index (χ2v) is 10.9. The minimum atomic E-state index is -3.70. The number of halogens is 1. The summed E-state index contributed by atoms with van der Waals surface area (Å²) < 4.78 is 29.1. The third-order valence-corrected chi connectivity index (χ3v) is 7.98. The number of allylic oxidation sites excluding steroid dienone is 2. The van der Waals surface area contributed by atoms with E-state index in [0.29, 0.717) is 11.6 Å². The maximum absolute atomic E-state index is 13.2. The van der Waals surface area contributed by atoms with Gasteiger partial charge >= 0.3 is 0 Å². The van der Waals surface area contributed by atoms with Crippen molar-refractivity contribution in [3.05, 3.63) is 100 Å². The summed E-state index contributed by atoms with van der Waals surface area (Å²) in [5.74, 6) is 0.498. The number of fused-ring (bicyclic) bond motifs is 3. The van der Waals surface area contributed by atoms with Gasteiger partial charge in [0, 0.05) is 22.3 Å². The molecule has 0 fully saturated rings. The van der Waals surface area contributed by atoms with Crippen molar-refractivity contribution in [3.63, 3.8) is 0 Å². The van der Waals surface area contributed by atoms with Gasteiger partial charge in [-0.15, -0.1) is 0 Å². The lowest BCUT2D eigenvalue weighted by Crippen LogP contribution is -2.29. The molecule has 2 aliphatic rings. The Morgan fingerprint density at radius 3 is 2.41 bits per heavy atom. The second kappa shape index (κ2) is 7.98. The van der Waals surface area contributed by atoms with Crippen LogP contribution in [-0.4, -0.2) is 8.42 Å². The molecular formula is C26H25ClN2O2S. The fourth-order valence-electron chi connectivity index (χ4n) is 4.99. The van der Waals surface area contributed by atoms with Gasteiger partial charge in [-0.05, 0) is 90.9 Å². The summed E-state index contributed by atoms with van der Waals surface area (Å²) in [5, 5.41) is 4.37. The van der Waals surface area contributed by atoms with E-state index in [-0.39, 0.29) is 16.9 Å². The van der Waals surface area contributed by atoms with Gasteiger partial charge in [0.2, 0.25) is 0 Å².